The van der Waals surface area contributed by atoms with Gasteiger partial charge in [-0.3, -0.25) is 0 Å². The second-order valence-electron chi connectivity index (χ2n) is 7.39. The smallest absolute Gasteiger partial charge is 0.152 e. The molecule has 5 heterocycles. The van der Waals surface area contributed by atoms with Gasteiger partial charge in [-0.2, -0.15) is 21.0 Å². The van der Waals surface area contributed by atoms with Crippen LogP contribution in [0.3, 0.4) is 0 Å². The van der Waals surface area contributed by atoms with E-state index in [0.29, 0.717) is 17.7 Å². The molecule has 0 fully saturated rings. The van der Waals surface area contributed by atoms with Gasteiger partial charge in [0.05, 0.1) is 20.8 Å². The summed E-state index contributed by atoms with van der Waals surface area (Å²) in [4.78, 5) is 1.58. The average Bonchev–Trinajstić information content (AvgIpc) is 3.65. The van der Waals surface area contributed by atoms with Gasteiger partial charge < -0.3 is 13.4 Å². The molecule has 7 nitrogen and oxygen atoms in total. The molecule has 0 radical (unpaired) electrons. The van der Waals surface area contributed by atoms with Gasteiger partial charge in [0.1, 0.15) is 46.6 Å². The normalized spacial score (nSPS) is 10.4. The monoisotopic (exact) mass is 491 g/mol. The predicted octanol–water partition coefficient (Wildman–Crippen LogP) is 7.32. The molecule has 0 aliphatic carbocycles. The molecule has 0 aliphatic rings. The Kier molecular flexibility index (Phi) is 5.57. The molecule has 166 valence electrons. The van der Waals surface area contributed by atoms with E-state index < -0.39 is 0 Å². The molecule has 35 heavy (non-hydrogen) atoms. The SMILES string of the molecule is CCn1c(-c2cc3sc(C=C(C#N)C#N)cc3o2)ccc1-c1cc2sc(C=C(C#N)C#N)cc2o1. The van der Waals surface area contributed by atoms with Crippen molar-refractivity contribution >= 4 is 55.4 Å². The zero-order chi connectivity index (χ0) is 24.5. The molecule has 5 aromatic heterocycles. The molecule has 0 saturated heterocycles. The summed E-state index contributed by atoms with van der Waals surface area (Å²) in [6.45, 7) is 2.75. The van der Waals surface area contributed by atoms with Crippen molar-refractivity contribution < 1.29 is 8.83 Å². The third kappa shape index (κ3) is 3.92. The van der Waals surface area contributed by atoms with E-state index in [4.69, 9.17) is 29.9 Å². The molecule has 0 aromatic carbocycles. The topological polar surface area (TPSA) is 126 Å². The minimum Gasteiger partial charge on any atom is -0.454 e. The lowest BCUT2D eigenvalue weighted by Crippen LogP contribution is -1.98. The lowest BCUT2D eigenvalue weighted by atomic mass is 10.3. The van der Waals surface area contributed by atoms with Crippen molar-refractivity contribution in [3.8, 4) is 47.2 Å². The molecular weight excluding hydrogens is 478 g/mol. The summed E-state index contributed by atoms with van der Waals surface area (Å²) in [5.41, 5.74) is 3.32. The molecule has 0 unspecified atom stereocenters. The van der Waals surface area contributed by atoms with Crippen LogP contribution in [0, 0.1) is 45.3 Å². The maximum atomic E-state index is 8.97. The summed E-state index contributed by atoms with van der Waals surface area (Å²) in [7, 11) is 0. The van der Waals surface area contributed by atoms with Gasteiger partial charge in [-0.05, 0) is 43.3 Å². The fourth-order valence-electron chi connectivity index (χ4n) is 3.81. The second-order valence-corrected chi connectivity index (χ2v) is 9.62. The van der Waals surface area contributed by atoms with Crippen LogP contribution in [0.25, 0.3) is 55.6 Å². The van der Waals surface area contributed by atoms with Crippen LogP contribution >= 0.6 is 22.7 Å². The molecule has 0 amide bonds. The van der Waals surface area contributed by atoms with Gasteiger partial charge in [0.25, 0.3) is 0 Å². The number of thiophene rings is 2. The standard InChI is InChI=1S/C26H13N5O2S2/c1-2-31-19(21-9-25-23(32-21)7-17(34-25)5-15(11-27)12-28)3-4-20(31)22-10-26-24(33-22)8-18(35-26)6-16(13-29)14-30/h3-10H,2H2,1H3. The zero-order valence-electron chi connectivity index (χ0n) is 18.2. The number of allylic oxidation sites excluding steroid dienone is 2. The van der Waals surface area contributed by atoms with Crippen molar-refractivity contribution in [2.24, 2.45) is 0 Å². The Labute approximate surface area is 207 Å². The second kappa shape index (κ2) is 8.86. The Morgan fingerprint density at radius 2 is 1.20 bits per heavy atom. The number of hydrogen-bond acceptors (Lipinski definition) is 8. The summed E-state index contributed by atoms with van der Waals surface area (Å²) in [5.74, 6) is 1.44. The van der Waals surface area contributed by atoms with E-state index in [-0.39, 0.29) is 11.1 Å². The van der Waals surface area contributed by atoms with Crippen LogP contribution in [-0.4, -0.2) is 4.57 Å². The van der Waals surface area contributed by atoms with Gasteiger partial charge in [-0.15, -0.1) is 22.7 Å². The molecule has 0 aliphatic heterocycles. The Bertz CT molecular complexity index is 1610. The van der Waals surface area contributed by atoms with E-state index in [1.165, 1.54) is 22.7 Å². The first kappa shape index (κ1) is 22.0. The van der Waals surface area contributed by atoms with Crippen LogP contribution in [0.2, 0.25) is 0 Å². The zero-order valence-corrected chi connectivity index (χ0v) is 19.8. The molecule has 0 spiro atoms. The Hall–Kier alpha value is -4.80. The predicted molar refractivity (Wildman–Crippen MR) is 135 cm³/mol. The summed E-state index contributed by atoms with van der Waals surface area (Å²) in [6, 6.07) is 19.0. The highest BCUT2D eigenvalue weighted by atomic mass is 32.1. The van der Waals surface area contributed by atoms with Crippen molar-refractivity contribution in [1.82, 2.24) is 4.57 Å². The molecule has 9 heteroatoms. The van der Waals surface area contributed by atoms with Gasteiger partial charge in [0.15, 0.2) is 11.5 Å². The largest absolute Gasteiger partial charge is 0.454 e. The third-order valence-corrected chi connectivity index (χ3v) is 7.33. The van der Waals surface area contributed by atoms with E-state index in [2.05, 4.69) is 4.57 Å². The quantitative estimate of drug-likeness (QED) is 0.237. The van der Waals surface area contributed by atoms with E-state index >= 15 is 0 Å². The minimum atomic E-state index is 0.0516. The molecule has 0 bridgehead atoms. The Balaban J connectivity index is 1.49. The van der Waals surface area contributed by atoms with Crippen molar-refractivity contribution in [1.29, 1.82) is 21.0 Å². The van der Waals surface area contributed by atoms with Crippen molar-refractivity contribution in [2.75, 3.05) is 0 Å². The van der Waals surface area contributed by atoms with Crippen LogP contribution in [-0.2, 0) is 6.54 Å². The molecular formula is C26H13N5O2S2. The van der Waals surface area contributed by atoms with Crippen LogP contribution in [0.15, 0.2) is 56.4 Å². The summed E-state index contributed by atoms with van der Waals surface area (Å²) in [6.07, 6.45) is 3.11. The number of nitrogens with zero attached hydrogens (tertiary/aromatic N) is 5. The Morgan fingerprint density at radius 3 is 1.54 bits per heavy atom. The molecule has 0 atom stereocenters. The van der Waals surface area contributed by atoms with Crippen molar-refractivity contribution in [3.63, 3.8) is 0 Å². The molecule has 0 saturated carbocycles. The van der Waals surface area contributed by atoms with Gasteiger partial charge in [0, 0.05) is 28.4 Å². The number of fused-ring (bicyclic) bond motifs is 2. The highest BCUT2D eigenvalue weighted by Gasteiger charge is 2.19. The molecule has 5 rings (SSSR count). The van der Waals surface area contributed by atoms with Crippen LogP contribution in [0.4, 0.5) is 0 Å². The van der Waals surface area contributed by atoms with E-state index in [9.17, 15) is 0 Å². The number of rotatable bonds is 5. The first-order valence-electron chi connectivity index (χ1n) is 10.4. The Morgan fingerprint density at radius 1 is 0.771 bits per heavy atom. The highest BCUT2D eigenvalue weighted by Crippen LogP contribution is 2.39. The average molecular weight is 492 g/mol. The number of aromatic nitrogens is 1. The van der Waals surface area contributed by atoms with Crippen molar-refractivity contribution in [3.05, 3.63) is 57.3 Å². The van der Waals surface area contributed by atoms with Gasteiger partial charge in [-0.25, -0.2) is 0 Å². The summed E-state index contributed by atoms with van der Waals surface area (Å²) < 4.78 is 16.2. The van der Waals surface area contributed by atoms with Gasteiger partial charge >= 0.3 is 0 Å². The lowest BCUT2D eigenvalue weighted by Gasteiger charge is -2.08. The summed E-state index contributed by atoms with van der Waals surface area (Å²) >= 11 is 2.92. The fourth-order valence-corrected chi connectivity index (χ4v) is 5.73. The lowest BCUT2D eigenvalue weighted by molar-refractivity contribution is 0.608. The molecule has 5 aromatic rings. The number of hydrogen-bond donors (Lipinski definition) is 0. The maximum Gasteiger partial charge on any atom is 0.152 e. The third-order valence-electron chi connectivity index (χ3n) is 5.31. The van der Waals surface area contributed by atoms with Crippen LogP contribution < -0.4 is 0 Å². The minimum absolute atomic E-state index is 0.0516. The highest BCUT2D eigenvalue weighted by molar-refractivity contribution is 7.20. The maximum absolute atomic E-state index is 8.97. The summed E-state index contributed by atoms with van der Waals surface area (Å²) in [5, 5.41) is 35.9. The first-order valence-corrected chi connectivity index (χ1v) is 12.0. The van der Waals surface area contributed by atoms with Crippen LogP contribution in [0.5, 0.6) is 0 Å². The fraction of sp³-hybridized carbons (Fsp3) is 0.0769. The van der Waals surface area contributed by atoms with Gasteiger partial charge in [0.2, 0.25) is 0 Å². The van der Waals surface area contributed by atoms with E-state index in [1.54, 1.807) is 12.2 Å². The molecule has 0 N–H and O–H groups in total. The number of furan rings is 2. The van der Waals surface area contributed by atoms with Gasteiger partial charge in [-0.1, -0.05) is 0 Å². The first-order chi connectivity index (χ1) is 17.1. The van der Waals surface area contributed by atoms with Crippen LogP contribution in [0.1, 0.15) is 16.7 Å². The van der Waals surface area contributed by atoms with E-state index in [0.717, 1.165) is 42.1 Å². The number of nitriles is 4. The van der Waals surface area contributed by atoms with Crippen molar-refractivity contribution in [2.45, 2.75) is 13.5 Å². The van der Waals surface area contributed by atoms with E-state index in [1.807, 2.05) is 67.6 Å².